The van der Waals surface area contributed by atoms with Crippen LogP contribution in [-0.4, -0.2) is 48.3 Å². The largest absolute Gasteiger partial charge is 0.461 e. The van der Waals surface area contributed by atoms with Gasteiger partial charge in [-0.05, 0) is 75.9 Å². The van der Waals surface area contributed by atoms with E-state index in [0.29, 0.717) is 5.56 Å². The molecular formula is C25H28F2N2O4. The van der Waals surface area contributed by atoms with Crippen LogP contribution < -0.4 is 5.32 Å². The quantitative estimate of drug-likeness (QED) is 0.351. The Morgan fingerprint density at radius 2 is 1.52 bits per heavy atom. The Balaban J connectivity index is 1.96. The number of ketones is 1. The predicted molar refractivity (Wildman–Crippen MR) is 120 cm³/mol. The van der Waals surface area contributed by atoms with Crippen LogP contribution in [0.25, 0.3) is 0 Å². The van der Waals surface area contributed by atoms with Gasteiger partial charge < -0.3 is 10.1 Å². The minimum absolute atomic E-state index is 0.0368. The monoisotopic (exact) mass is 458 g/mol. The van der Waals surface area contributed by atoms with Crippen LogP contribution in [0.1, 0.15) is 42.7 Å². The number of nitrogens with zero attached hydrogens (tertiary/aromatic N) is 1. The second kappa shape index (κ2) is 11.5. The Morgan fingerprint density at radius 3 is 2.06 bits per heavy atom. The molecular weight excluding hydrogens is 430 g/mol. The van der Waals surface area contributed by atoms with E-state index in [4.69, 9.17) is 4.74 Å². The molecule has 1 N–H and O–H groups in total. The normalized spacial score (nSPS) is 12.6. The van der Waals surface area contributed by atoms with E-state index >= 15 is 0 Å². The zero-order valence-electron chi connectivity index (χ0n) is 19.1. The third-order valence-corrected chi connectivity index (χ3v) is 4.56. The van der Waals surface area contributed by atoms with Crippen molar-refractivity contribution in [1.82, 2.24) is 10.2 Å². The zero-order valence-corrected chi connectivity index (χ0v) is 19.1. The van der Waals surface area contributed by atoms with Crippen LogP contribution in [0.4, 0.5) is 8.78 Å². The van der Waals surface area contributed by atoms with Crippen LogP contribution in [0.3, 0.4) is 0 Å². The summed E-state index contributed by atoms with van der Waals surface area (Å²) in [7, 11) is 1.69. The van der Waals surface area contributed by atoms with E-state index in [1.54, 1.807) is 11.9 Å². The van der Waals surface area contributed by atoms with Crippen molar-refractivity contribution in [1.29, 1.82) is 0 Å². The summed E-state index contributed by atoms with van der Waals surface area (Å²) in [6.07, 6.45) is 2.05. The molecule has 33 heavy (non-hydrogen) atoms. The summed E-state index contributed by atoms with van der Waals surface area (Å²) in [6.45, 7) is 5.74. The second-order valence-corrected chi connectivity index (χ2v) is 8.55. The first-order valence-corrected chi connectivity index (χ1v) is 10.4. The van der Waals surface area contributed by atoms with Crippen LogP contribution in [0.5, 0.6) is 0 Å². The highest BCUT2D eigenvalue weighted by Crippen LogP contribution is 2.21. The number of hydrogen-bond acceptors (Lipinski definition) is 5. The van der Waals surface area contributed by atoms with Crippen LogP contribution >= 0.6 is 0 Å². The van der Waals surface area contributed by atoms with Gasteiger partial charge in [0.25, 0.3) is 0 Å². The number of ether oxygens (including phenoxy) is 1. The van der Waals surface area contributed by atoms with Crippen molar-refractivity contribution in [3.63, 3.8) is 0 Å². The molecule has 0 aliphatic heterocycles. The van der Waals surface area contributed by atoms with Crippen LogP contribution in [0.15, 0.2) is 60.7 Å². The molecule has 0 heterocycles. The molecule has 0 saturated heterocycles. The van der Waals surface area contributed by atoms with Crippen LogP contribution in [0.2, 0.25) is 0 Å². The molecule has 6 nitrogen and oxygen atoms in total. The number of carbonyl (C=O) groups is 3. The highest BCUT2D eigenvalue weighted by molar-refractivity contribution is 6.06. The first-order valence-electron chi connectivity index (χ1n) is 10.4. The Kier molecular flexibility index (Phi) is 8.99. The maximum atomic E-state index is 13.4. The van der Waals surface area contributed by atoms with Gasteiger partial charge in [0.15, 0.2) is 5.78 Å². The molecule has 0 radical (unpaired) electrons. The lowest BCUT2D eigenvalue weighted by Crippen LogP contribution is -2.47. The molecule has 2 rings (SSSR count). The van der Waals surface area contributed by atoms with Gasteiger partial charge in [-0.2, -0.15) is 0 Å². The molecule has 1 atom stereocenters. The fourth-order valence-electron chi connectivity index (χ4n) is 3.01. The number of hydrogen-bond donors (Lipinski definition) is 1. The maximum absolute atomic E-state index is 13.4. The van der Waals surface area contributed by atoms with Gasteiger partial charge in [0, 0.05) is 23.7 Å². The summed E-state index contributed by atoms with van der Waals surface area (Å²) in [5.41, 5.74) is 0.369. The summed E-state index contributed by atoms with van der Waals surface area (Å²) in [5, 5.41) is 2.91. The van der Waals surface area contributed by atoms with Crippen molar-refractivity contribution in [3.8, 4) is 0 Å². The molecule has 0 spiro atoms. The molecule has 0 aliphatic carbocycles. The number of halogens is 2. The van der Waals surface area contributed by atoms with Gasteiger partial charge in [0.1, 0.15) is 24.3 Å². The molecule has 2 aromatic rings. The topological polar surface area (TPSA) is 75.7 Å². The maximum Gasteiger partial charge on any atom is 0.330 e. The van der Waals surface area contributed by atoms with Crippen molar-refractivity contribution in [3.05, 3.63) is 83.4 Å². The standard InChI is InChI=1S/C25H28F2N2O4/c1-25(2,3)28-24(32)23(18-7-11-20(27)12-8-18)29(4)15-16-33-22(31)14-13-21(30)17-5-9-19(26)10-6-17/h5-14,23H,15-16H2,1-4H3,(H,28,32). The first-order chi connectivity index (χ1) is 15.5. The first kappa shape index (κ1) is 25.9. The molecule has 0 fully saturated rings. The molecule has 1 unspecified atom stereocenters. The van der Waals surface area contributed by atoms with Crippen LogP contribution in [0, 0.1) is 11.6 Å². The lowest BCUT2D eigenvalue weighted by atomic mass is 10.0. The van der Waals surface area contributed by atoms with Crippen molar-refractivity contribution >= 4 is 17.7 Å². The molecule has 176 valence electrons. The Labute approximate surface area is 192 Å². The lowest BCUT2D eigenvalue weighted by molar-refractivity contribution is -0.138. The summed E-state index contributed by atoms with van der Waals surface area (Å²) in [5.74, 6) is -2.33. The van der Waals surface area contributed by atoms with Gasteiger partial charge in [-0.1, -0.05) is 12.1 Å². The van der Waals surface area contributed by atoms with Crippen molar-refractivity contribution in [2.75, 3.05) is 20.2 Å². The molecule has 0 aromatic heterocycles. The number of esters is 1. The molecule has 0 aliphatic rings. The zero-order chi connectivity index (χ0) is 24.6. The van der Waals surface area contributed by atoms with Gasteiger partial charge >= 0.3 is 5.97 Å². The fraction of sp³-hybridized carbons (Fsp3) is 0.320. The Hall–Kier alpha value is -3.39. The van der Waals surface area contributed by atoms with E-state index < -0.39 is 35.0 Å². The summed E-state index contributed by atoms with van der Waals surface area (Å²) in [4.78, 5) is 38.5. The van der Waals surface area contributed by atoms with Gasteiger partial charge in [-0.15, -0.1) is 0 Å². The highest BCUT2D eigenvalue weighted by atomic mass is 19.1. The highest BCUT2D eigenvalue weighted by Gasteiger charge is 2.28. The third kappa shape index (κ3) is 8.57. The molecule has 8 heteroatoms. The average Bonchev–Trinajstić information content (AvgIpc) is 2.73. The summed E-state index contributed by atoms with van der Waals surface area (Å²) in [6, 6.07) is 9.86. The minimum atomic E-state index is -0.726. The predicted octanol–water partition coefficient (Wildman–Crippen LogP) is 3.83. The van der Waals surface area contributed by atoms with E-state index in [1.165, 1.54) is 36.4 Å². The van der Waals surface area contributed by atoms with Crippen LogP contribution in [-0.2, 0) is 14.3 Å². The number of rotatable bonds is 9. The fourth-order valence-corrected chi connectivity index (χ4v) is 3.01. The second-order valence-electron chi connectivity index (χ2n) is 8.55. The van der Waals surface area contributed by atoms with Crippen molar-refractivity contribution < 1.29 is 27.9 Å². The SMILES string of the molecule is CN(CCOC(=O)C=CC(=O)c1ccc(F)cc1)C(C(=O)NC(C)(C)C)c1ccc(F)cc1. The summed E-state index contributed by atoms with van der Waals surface area (Å²) >= 11 is 0. The number of carbonyl (C=O) groups excluding carboxylic acids is 3. The molecule has 0 bridgehead atoms. The number of nitrogens with one attached hydrogen (secondary N) is 1. The molecule has 1 amide bonds. The average molecular weight is 459 g/mol. The van der Waals surface area contributed by atoms with Gasteiger partial charge in [0.2, 0.25) is 5.91 Å². The number of amides is 1. The van der Waals surface area contributed by atoms with Crippen molar-refractivity contribution in [2.24, 2.45) is 0 Å². The lowest BCUT2D eigenvalue weighted by Gasteiger charge is -2.31. The van der Waals surface area contributed by atoms with Gasteiger partial charge in [-0.25, -0.2) is 13.6 Å². The number of likely N-dealkylation sites (N-methyl/N-ethyl adjacent to an activating group) is 1. The Morgan fingerprint density at radius 1 is 0.970 bits per heavy atom. The van der Waals surface area contributed by atoms with E-state index in [-0.39, 0.29) is 24.6 Å². The third-order valence-electron chi connectivity index (χ3n) is 4.56. The van der Waals surface area contributed by atoms with Gasteiger partial charge in [-0.3, -0.25) is 14.5 Å². The van der Waals surface area contributed by atoms with Gasteiger partial charge in [0.05, 0.1) is 0 Å². The minimum Gasteiger partial charge on any atom is -0.461 e. The smallest absolute Gasteiger partial charge is 0.330 e. The van der Waals surface area contributed by atoms with E-state index in [1.807, 2.05) is 20.8 Å². The van der Waals surface area contributed by atoms with E-state index in [9.17, 15) is 23.2 Å². The van der Waals surface area contributed by atoms with Crippen molar-refractivity contribution in [2.45, 2.75) is 32.4 Å². The molecule has 0 saturated carbocycles. The number of benzene rings is 2. The summed E-state index contributed by atoms with van der Waals surface area (Å²) < 4.78 is 31.4. The molecule has 2 aromatic carbocycles. The van der Waals surface area contributed by atoms with E-state index in [0.717, 1.165) is 24.3 Å². The van der Waals surface area contributed by atoms with E-state index in [2.05, 4.69) is 5.32 Å². The Bertz CT molecular complexity index is 997. The number of allylic oxidation sites excluding steroid dienone is 1.